The van der Waals surface area contributed by atoms with E-state index < -0.39 is 75.0 Å². The van der Waals surface area contributed by atoms with Crippen LogP contribution in [0.1, 0.15) is 24.3 Å². The van der Waals surface area contributed by atoms with Gasteiger partial charge in [0.15, 0.2) is 29.5 Å². The molecule has 2 saturated heterocycles. The summed E-state index contributed by atoms with van der Waals surface area (Å²) in [6.45, 7) is -5.28. The molecule has 7 N–H and O–H groups in total. The van der Waals surface area contributed by atoms with Crippen LogP contribution < -0.4 is 17.0 Å². The smallest absolute Gasteiger partial charge is 0.394 e. The first-order chi connectivity index (χ1) is 20.5. The molecule has 0 amide bonds. The van der Waals surface area contributed by atoms with Gasteiger partial charge < -0.3 is 35.5 Å². The number of alkyl halides is 1. The number of aromatic amines is 1. The molecule has 43 heavy (non-hydrogen) atoms. The van der Waals surface area contributed by atoms with Crippen LogP contribution in [0.25, 0.3) is 16.8 Å². The minimum absolute atomic E-state index is 0.0529. The summed E-state index contributed by atoms with van der Waals surface area (Å²) < 4.78 is 53.2. The number of H-pyrrole nitrogens is 1. The summed E-state index contributed by atoms with van der Waals surface area (Å²) in [5, 5.41) is 13.9. The molecule has 4 aromatic heterocycles. The van der Waals surface area contributed by atoms with Crippen molar-refractivity contribution in [3.63, 3.8) is 0 Å². The lowest BCUT2D eigenvalue weighted by Gasteiger charge is -2.29. The van der Waals surface area contributed by atoms with E-state index in [2.05, 4.69) is 42.3 Å². The lowest BCUT2D eigenvalue weighted by Crippen LogP contribution is -2.32. The van der Waals surface area contributed by atoms with Gasteiger partial charge in [-0.05, 0) is 16.4 Å². The van der Waals surface area contributed by atoms with Gasteiger partial charge in [-0.3, -0.25) is 14.3 Å². The van der Waals surface area contributed by atoms with Crippen molar-refractivity contribution in [1.29, 1.82) is 0 Å². The van der Waals surface area contributed by atoms with E-state index in [0.29, 0.717) is 11.2 Å². The minimum Gasteiger partial charge on any atom is -0.394 e. The summed E-state index contributed by atoms with van der Waals surface area (Å²) >= 11 is 9.28. The van der Waals surface area contributed by atoms with Crippen molar-refractivity contribution < 1.29 is 37.5 Å². The highest BCUT2D eigenvalue weighted by Gasteiger charge is 2.54. The number of nitrogen functional groups attached to an aromatic ring is 2. The van der Waals surface area contributed by atoms with Gasteiger partial charge in [-0.2, -0.15) is 14.6 Å². The fourth-order valence-corrected chi connectivity index (χ4v) is 8.47. The van der Waals surface area contributed by atoms with Crippen LogP contribution in [-0.2, 0) is 34.9 Å². The molecule has 23 heteroatoms. The van der Waals surface area contributed by atoms with E-state index in [1.165, 1.54) is 21.6 Å². The number of anilines is 2. The van der Waals surface area contributed by atoms with Crippen molar-refractivity contribution in [3.8, 4) is 0 Å². The van der Waals surface area contributed by atoms with E-state index in [-0.39, 0.29) is 29.5 Å². The number of aromatic nitrogens is 8. The average Bonchev–Trinajstić information content (AvgIpc) is 3.71. The van der Waals surface area contributed by atoms with Gasteiger partial charge in [-0.15, -0.1) is 4.52 Å². The number of aliphatic hydroxyl groups excluding tert-OH is 1. The van der Waals surface area contributed by atoms with Crippen LogP contribution in [0.3, 0.4) is 0 Å². The fraction of sp³-hybridized carbons (Fsp3) is 0.500. The Kier molecular flexibility index (Phi) is 8.22. The number of halogens is 1. The summed E-state index contributed by atoms with van der Waals surface area (Å²) in [6, 6.07) is 0. The van der Waals surface area contributed by atoms with Crippen LogP contribution in [0.2, 0.25) is 0 Å². The molecule has 6 rings (SSSR count). The molecule has 2 unspecified atom stereocenters. The highest BCUT2D eigenvalue weighted by atomic mass is 32.7. The number of thiol groups is 1. The van der Waals surface area contributed by atoms with E-state index in [0.717, 1.165) is 6.33 Å². The van der Waals surface area contributed by atoms with Gasteiger partial charge >= 0.3 is 7.23 Å². The first kappa shape index (κ1) is 30.3. The van der Waals surface area contributed by atoms with Gasteiger partial charge in [-0.25, -0.2) is 19.3 Å². The molecule has 18 nitrogen and oxygen atoms in total. The average molecular weight is 678 g/mol. The van der Waals surface area contributed by atoms with Gasteiger partial charge in [0.05, 0.1) is 31.8 Å². The molecule has 6 heterocycles. The zero-order chi connectivity index (χ0) is 30.6. The Bertz CT molecular complexity index is 1810. The van der Waals surface area contributed by atoms with Crippen molar-refractivity contribution in [3.05, 3.63) is 34.8 Å². The Morgan fingerprint density at radius 2 is 2.07 bits per heavy atom. The van der Waals surface area contributed by atoms with Crippen molar-refractivity contribution in [2.75, 3.05) is 24.7 Å². The van der Waals surface area contributed by atoms with Crippen molar-refractivity contribution in [2.24, 2.45) is 0 Å². The zero-order valence-electron chi connectivity index (χ0n) is 21.7. The second kappa shape index (κ2) is 11.7. The molecule has 9 atom stereocenters. The van der Waals surface area contributed by atoms with Gasteiger partial charge in [0, 0.05) is 12.0 Å². The van der Waals surface area contributed by atoms with Gasteiger partial charge in [0.2, 0.25) is 11.9 Å². The Balaban J connectivity index is 1.26. The molecule has 0 spiro atoms. The SMILES string of the molecule is Nc1nc2c(ncn2[C@@H]2O[C@H](CO)[C@@H](F)[C@H]2P(O)(=S)OC[C@H]2O[C@@H](c3cnn4c(N)ncnc34)C[C@@H]2O[P+](=O)S)c(=O)[nH]1. The summed E-state index contributed by atoms with van der Waals surface area (Å²) in [4.78, 5) is 42.2. The summed E-state index contributed by atoms with van der Waals surface area (Å²) in [5.41, 5.74) is 10.1. The summed E-state index contributed by atoms with van der Waals surface area (Å²) in [7, 11) is -2.37. The van der Waals surface area contributed by atoms with Crippen molar-refractivity contribution in [2.45, 2.75) is 48.9 Å². The number of hydrogen-bond donors (Lipinski definition) is 6. The first-order valence-corrected chi connectivity index (χ1v) is 17.6. The Morgan fingerprint density at radius 1 is 1.28 bits per heavy atom. The number of rotatable bonds is 9. The third-order valence-corrected chi connectivity index (χ3v) is 10.7. The maximum absolute atomic E-state index is 15.7. The molecule has 0 aliphatic carbocycles. The number of nitrogens with two attached hydrogens (primary N) is 2. The second-order valence-electron chi connectivity index (χ2n) is 9.67. The number of hydrogen-bond acceptors (Lipinski definition) is 15. The number of ether oxygens (including phenoxy) is 2. The van der Waals surface area contributed by atoms with Crippen molar-refractivity contribution >= 4 is 66.5 Å². The molecule has 0 aromatic carbocycles. The maximum Gasteiger partial charge on any atom is 0.582 e. The quantitative estimate of drug-likeness (QED) is 0.102. The van der Waals surface area contributed by atoms with E-state index in [1.807, 2.05) is 0 Å². The van der Waals surface area contributed by atoms with Gasteiger partial charge in [0.25, 0.3) is 5.56 Å². The monoisotopic (exact) mass is 677 g/mol. The topological polar surface area (TPSA) is 253 Å². The number of imidazole rings is 1. The van der Waals surface area contributed by atoms with Crippen LogP contribution in [0.4, 0.5) is 16.3 Å². The maximum atomic E-state index is 15.7. The van der Waals surface area contributed by atoms with Crippen LogP contribution in [0, 0.1) is 0 Å². The number of nitrogens with zero attached hydrogens (tertiary/aromatic N) is 7. The number of fused-ring (bicyclic) bond motifs is 2. The lowest BCUT2D eigenvalue weighted by molar-refractivity contribution is -0.0328. The predicted octanol–water partition coefficient (Wildman–Crippen LogP) is 0.139. The lowest BCUT2D eigenvalue weighted by atomic mass is 10.1. The molecule has 2 aliphatic heterocycles. The number of nitrogens with one attached hydrogen (secondary N) is 1. The molecule has 2 fully saturated rings. The first-order valence-electron chi connectivity index (χ1n) is 12.5. The van der Waals surface area contributed by atoms with E-state index in [1.54, 1.807) is 0 Å². The molecule has 0 saturated carbocycles. The predicted molar refractivity (Wildman–Crippen MR) is 154 cm³/mol. The van der Waals surface area contributed by atoms with Crippen LogP contribution in [0.15, 0.2) is 23.6 Å². The molecule has 4 aromatic rings. The highest BCUT2D eigenvalue weighted by Crippen LogP contribution is 2.59. The number of aliphatic hydroxyl groups is 1. The van der Waals surface area contributed by atoms with E-state index >= 15 is 4.39 Å². The molecular weight excluding hydrogens is 653 g/mol. The third-order valence-electron chi connectivity index (χ3n) is 7.12. The molecular formula is C20H24FN10O8P2S2+. The zero-order valence-corrected chi connectivity index (χ0v) is 25.2. The van der Waals surface area contributed by atoms with Gasteiger partial charge in [-0.1, -0.05) is 0 Å². The minimum atomic E-state index is -4.14. The van der Waals surface area contributed by atoms with Gasteiger partial charge in [0.1, 0.15) is 48.7 Å². The Hall–Kier alpha value is -2.71. The van der Waals surface area contributed by atoms with E-state index in [4.69, 9.17) is 41.8 Å². The van der Waals surface area contributed by atoms with Crippen LogP contribution >= 0.6 is 26.0 Å². The molecule has 0 bridgehead atoms. The van der Waals surface area contributed by atoms with Crippen LogP contribution in [-0.4, -0.2) is 92.5 Å². The van der Waals surface area contributed by atoms with Crippen LogP contribution in [0.5, 0.6) is 0 Å². The standard InChI is InChI=1S/C20H23FN10O8P2S2/c21-12-10(3-32)38-18(30-6-26-13-16(30)28-19(22)29-17(13)33)14(12)41(35,43)36-4-11-9(39-40(34)42)1-8(37-11)7-2-27-31-15(7)24-5-25-20(31)23/h2,5-6,8-12,14,18,32H,1,3-4H2,(H6-,22,23,24,25,27,28,29,33,34,35,42,43)/p+1/t8-,9+,10-,11-,12-,14-,18-,41?/m1/s1. The Morgan fingerprint density at radius 3 is 2.81 bits per heavy atom. The second-order valence-corrected chi connectivity index (χ2v) is 14.9. The normalized spacial score (nSPS) is 29.4. The molecule has 0 radical (unpaired) electrons. The van der Waals surface area contributed by atoms with E-state index in [9.17, 15) is 19.4 Å². The summed E-state index contributed by atoms with van der Waals surface area (Å²) in [6.07, 6.45) is -3.10. The third kappa shape index (κ3) is 5.54. The highest BCUT2D eigenvalue weighted by molar-refractivity contribution is 8.39. The summed E-state index contributed by atoms with van der Waals surface area (Å²) in [5.74, 6) is -0.129. The largest absolute Gasteiger partial charge is 0.582 e. The molecule has 230 valence electrons. The fourth-order valence-electron chi connectivity index (χ4n) is 5.19. The Labute approximate surface area is 251 Å². The molecule has 2 aliphatic rings. The van der Waals surface area contributed by atoms with Crippen molar-refractivity contribution in [1.82, 2.24) is 39.1 Å².